The van der Waals surface area contributed by atoms with Crippen LogP contribution in [0.25, 0.3) is 0 Å². The lowest BCUT2D eigenvalue weighted by molar-refractivity contribution is -0.209. The standard InChI is InChI=1S/C8H10F3NO3/c1-12-5(13)3-2-4(7(14)15)6(12)8(9,10)11/h4,6H,2-3H2,1H3,(H,14,15)/t4-,6-/m0/s1. The van der Waals surface area contributed by atoms with Gasteiger partial charge in [0, 0.05) is 13.5 Å². The number of carboxylic acids is 1. The van der Waals surface area contributed by atoms with Gasteiger partial charge >= 0.3 is 12.1 Å². The number of rotatable bonds is 1. The Hall–Kier alpha value is -1.27. The van der Waals surface area contributed by atoms with Gasteiger partial charge in [0.1, 0.15) is 6.04 Å². The Kier molecular flexibility index (Phi) is 2.92. The van der Waals surface area contributed by atoms with Gasteiger partial charge in [-0.1, -0.05) is 0 Å². The Morgan fingerprint density at radius 3 is 2.47 bits per heavy atom. The zero-order chi connectivity index (χ0) is 11.8. The highest BCUT2D eigenvalue weighted by atomic mass is 19.4. The number of piperidine rings is 1. The molecule has 1 rings (SSSR count). The van der Waals surface area contributed by atoms with E-state index in [-0.39, 0.29) is 12.8 Å². The molecule has 86 valence electrons. The molecule has 15 heavy (non-hydrogen) atoms. The number of halogens is 3. The number of amides is 1. The van der Waals surface area contributed by atoms with Crippen molar-refractivity contribution in [2.75, 3.05) is 7.05 Å². The zero-order valence-corrected chi connectivity index (χ0v) is 7.91. The highest BCUT2D eigenvalue weighted by Gasteiger charge is 2.53. The fraction of sp³-hybridized carbons (Fsp3) is 0.750. The number of carbonyl (C=O) groups is 2. The molecule has 4 nitrogen and oxygen atoms in total. The SMILES string of the molecule is CN1C(=O)CC[C@H](C(=O)O)[C@H]1C(F)(F)F. The molecule has 0 spiro atoms. The van der Waals surface area contributed by atoms with Crippen molar-refractivity contribution < 1.29 is 27.9 Å². The van der Waals surface area contributed by atoms with E-state index in [9.17, 15) is 22.8 Å². The van der Waals surface area contributed by atoms with Crippen LogP contribution in [0.15, 0.2) is 0 Å². The molecule has 0 unspecified atom stereocenters. The van der Waals surface area contributed by atoms with Crippen LogP contribution in [0.3, 0.4) is 0 Å². The molecule has 1 amide bonds. The van der Waals surface area contributed by atoms with Gasteiger partial charge in [-0.2, -0.15) is 13.2 Å². The van der Waals surface area contributed by atoms with E-state index in [1.54, 1.807) is 0 Å². The number of hydrogen-bond donors (Lipinski definition) is 1. The van der Waals surface area contributed by atoms with Gasteiger partial charge in [-0.25, -0.2) is 0 Å². The largest absolute Gasteiger partial charge is 0.481 e. The van der Waals surface area contributed by atoms with Crippen LogP contribution in [-0.4, -0.2) is 41.1 Å². The summed E-state index contributed by atoms with van der Waals surface area (Å²) in [5, 5.41) is 8.64. The van der Waals surface area contributed by atoms with Crippen LogP contribution in [0.4, 0.5) is 13.2 Å². The summed E-state index contributed by atoms with van der Waals surface area (Å²) >= 11 is 0. The topological polar surface area (TPSA) is 57.6 Å². The Labute approximate surface area is 83.7 Å². The summed E-state index contributed by atoms with van der Waals surface area (Å²) in [6.07, 6.45) is -5.11. The first-order valence-electron chi connectivity index (χ1n) is 4.30. The Bertz CT molecular complexity index is 289. The third kappa shape index (κ3) is 2.21. The molecule has 0 aromatic carbocycles. The molecule has 1 heterocycles. The fourth-order valence-electron chi connectivity index (χ4n) is 1.74. The van der Waals surface area contributed by atoms with E-state index < -0.39 is 30.0 Å². The lowest BCUT2D eigenvalue weighted by Gasteiger charge is -2.37. The smallest absolute Gasteiger partial charge is 0.409 e. The summed E-state index contributed by atoms with van der Waals surface area (Å²) in [5.41, 5.74) is 0. The van der Waals surface area contributed by atoms with Gasteiger partial charge < -0.3 is 10.0 Å². The Balaban J connectivity index is 3.00. The summed E-state index contributed by atoms with van der Waals surface area (Å²) in [4.78, 5) is 22.2. The zero-order valence-electron chi connectivity index (χ0n) is 7.91. The molecule has 0 aromatic heterocycles. The van der Waals surface area contributed by atoms with Crippen molar-refractivity contribution in [1.29, 1.82) is 0 Å². The first-order valence-corrected chi connectivity index (χ1v) is 4.30. The van der Waals surface area contributed by atoms with Gasteiger partial charge in [0.25, 0.3) is 0 Å². The van der Waals surface area contributed by atoms with Gasteiger partial charge in [0.05, 0.1) is 5.92 Å². The minimum Gasteiger partial charge on any atom is -0.481 e. The molecule has 1 saturated heterocycles. The molecule has 2 atom stereocenters. The van der Waals surface area contributed by atoms with Crippen molar-refractivity contribution in [1.82, 2.24) is 4.90 Å². The van der Waals surface area contributed by atoms with Crippen molar-refractivity contribution in [2.24, 2.45) is 5.92 Å². The number of hydrogen-bond acceptors (Lipinski definition) is 2. The molecule has 1 aliphatic heterocycles. The van der Waals surface area contributed by atoms with Crippen molar-refractivity contribution in [3.8, 4) is 0 Å². The quantitative estimate of drug-likeness (QED) is 0.720. The molecule has 0 bridgehead atoms. The first kappa shape index (κ1) is 11.8. The van der Waals surface area contributed by atoms with E-state index in [1.807, 2.05) is 0 Å². The van der Waals surface area contributed by atoms with E-state index in [2.05, 4.69) is 0 Å². The number of likely N-dealkylation sites (tertiary alicyclic amines) is 1. The molecule has 0 aliphatic carbocycles. The third-order valence-corrected chi connectivity index (χ3v) is 2.51. The molecule has 7 heteroatoms. The average molecular weight is 225 g/mol. The van der Waals surface area contributed by atoms with Crippen LogP contribution < -0.4 is 0 Å². The van der Waals surface area contributed by atoms with E-state index in [0.29, 0.717) is 4.90 Å². The minimum atomic E-state index is -4.70. The molecule has 1 fully saturated rings. The summed E-state index contributed by atoms with van der Waals surface area (Å²) in [5.74, 6) is -3.75. The van der Waals surface area contributed by atoms with Gasteiger partial charge in [-0.3, -0.25) is 9.59 Å². The number of carbonyl (C=O) groups excluding carboxylic acids is 1. The van der Waals surface area contributed by atoms with Gasteiger partial charge in [0.2, 0.25) is 5.91 Å². The second-order valence-corrected chi connectivity index (χ2v) is 3.47. The summed E-state index contributed by atoms with van der Waals surface area (Å²) in [6.45, 7) is 0. The summed E-state index contributed by atoms with van der Waals surface area (Å²) in [6, 6.07) is -2.21. The van der Waals surface area contributed by atoms with Gasteiger partial charge in [-0.15, -0.1) is 0 Å². The maximum atomic E-state index is 12.5. The third-order valence-electron chi connectivity index (χ3n) is 2.51. The highest BCUT2D eigenvalue weighted by Crippen LogP contribution is 2.35. The Morgan fingerprint density at radius 2 is 2.07 bits per heavy atom. The molecule has 0 aromatic rings. The maximum absolute atomic E-state index is 12.5. The van der Waals surface area contributed by atoms with E-state index >= 15 is 0 Å². The predicted octanol–water partition coefficient (Wildman–Crippen LogP) is 0.870. The van der Waals surface area contributed by atoms with E-state index in [0.717, 1.165) is 7.05 Å². The second kappa shape index (κ2) is 3.71. The van der Waals surface area contributed by atoms with Crippen LogP contribution in [0.5, 0.6) is 0 Å². The molecular formula is C8H10F3NO3. The van der Waals surface area contributed by atoms with E-state index in [4.69, 9.17) is 5.11 Å². The van der Waals surface area contributed by atoms with E-state index in [1.165, 1.54) is 0 Å². The molecule has 0 radical (unpaired) electrons. The van der Waals surface area contributed by atoms with Gasteiger partial charge in [0.15, 0.2) is 0 Å². The number of alkyl halides is 3. The van der Waals surface area contributed by atoms with Crippen LogP contribution in [0.2, 0.25) is 0 Å². The molecule has 0 saturated carbocycles. The summed E-state index contributed by atoms with van der Waals surface area (Å²) < 4.78 is 37.6. The lowest BCUT2D eigenvalue weighted by Crippen LogP contribution is -2.56. The highest BCUT2D eigenvalue weighted by molar-refractivity contribution is 5.81. The van der Waals surface area contributed by atoms with Crippen LogP contribution in [0, 0.1) is 5.92 Å². The molecular weight excluding hydrogens is 215 g/mol. The normalized spacial score (nSPS) is 28.0. The van der Waals surface area contributed by atoms with Crippen molar-refractivity contribution >= 4 is 11.9 Å². The van der Waals surface area contributed by atoms with Crippen molar-refractivity contribution in [2.45, 2.75) is 25.1 Å². The number of carboxylic acid groups (broad SMARTS) is 1. The van der Waals surface area contributed by atoms with Gasteiger partial charge in [-0.05, 0) is 6.42 Å². The van der Waals surface area contributed by atoms with Crippen LogP contribution in [-0.2, 0) is 9.59 Å². The molecule has 1 N–H and O–H groups in total. The maximum Gasteiger partial charge on any atom is 0.409 e. The number of nitrogens with zero attached hydrogens (tertiary/aromatic N) is 1. The van der Waals surface area contributed by atoms with Crippen LogP contribution in [0.1, 0.15) is 12.8 Å². The van der Waals surface area contributed by atoms with Crippen molar-refractivity contribution in [3.63, 3.8) is 0 Å². The Morgan fingerprint density at radius 1 is 1.53 bits per heavy atom. The van der Waals surface area contributed by atoms with Crippen molar-refractivity contribution in [3.05, 3.63) is 0 Å². The lowest BCUT2D eigenvalue weighted by atomic mass is 9.89. The summed E-state index contributed by atoms with van der Waals surface area (Å²) in [7, 11) is 0.982. The number of aliphatic carboxylic acids is 1. The second-order valence-electron chi connectivity index (χ2n) is 3.47. The average Bonchev–Trinajstić information content (AvgIpc) is 2.06. The fourth-order valence-corrected chi connectivity index (χ4v) is 1.74. The minimum absolute atomic E-state index is 0.153. The molecule has 1 aliphatic rings. The van der Waals surface area contributed by atoms with Crippen LogP contribution >= 0.6 is 0 Å². The predicted molar refractivity (Wildman–Crippen MR) is 43.0 cm³/mol. The first-order chi connectivity index (χ1) is 6.75. The monoisotopic (exact) mass is 225 g/mol.